The Morgan fingerprint density at radius 2 is 2.10 bits per heavy atom. The zero-order chi connectivity index (χ0) is 13.9. The highest BCUT2D eigenvalue weighted by Gasteiger charge is 2.18. The van der Waals surface area contributed by atoms with Crippen LogP contribution in [0.25, 0.3) is 0 Å². The Balaban J connectivity index is 1.74. The van der Waals surface area contributed by atoms with Gasteiger partial charge in [0, 0.05) is 18.1 Å². The van der Waals surface area contributed by atoms with Crippen molar-refractivity contribution in [1.29, 1.82) is 0 Å². The first kappa shape index (κ1) is 12.8. The summed E-state index contributed by atoms with van der Waals surface area (Å²) >= 11 is 0. The van der Waals surface area contributed by atoms with Crippen LogP contribution in [0.4, 0.5) is 4.39 Å². The third kappa shape index (κ3) is 2.69. The van der Waals surface area contributed by atoms with E-state index in [-0.39, 0.29) is 18.2 Å². The van der Waals surface area contributed by atoms with Gasteiger partial charge >= 0.3 is 0 Å². The van der Waals surface area contributed by atoms with Crippen molar-refractivity contribution in [2.45, 2.75) is 25.9 Å². The number of hydrogen-bond acceptors (Lipinski definition) is 3. The van der Waals surface area contributed by atoms with E-state index >= 15 is 0 Å². The fourth-order valence-corrected chi connectivity index (χ4v) is 2.34. The first-order valence-electron chi connectivity index (χ1n) is 6.63. The van der Waals surface area contributed by atoms with Gasteiger partial charge in [0.05, 0.1) is 11.4 Å². The summed E-state index contributed by atoms with van der Waals surface area (Å²) in [6.07, 6.45) is 2.29. The molecule has 0 radical (unpaired) electrons. The highest BCUT2D eigenvalue weighted by Crippen LogP contribution is 2.20. The van der Waals surface area contributed by atoms with Crippen molar-refractivity contribution in [3.05, 3.63) is 59.2 Å². The van der Waals surface area contributed by atoms with Gasteiger partial charge in [0.1, 0.15) is 18.2 Å². The molecule has 0 atom stereocenters. The van der Waals surface area contributed by atoms with E-state index in [2.05, 4.69) is 4.98 Å². The largest absolute Gasteiger partial charge is 0.487 e. The van der Waals surface area contributed by atoms with E-state index in [0.29, 0.717) is 12.2 Å². The molecule has 3 rings (SSSR count). The van der Waals surface area contributed by atoms with E-state index in [0.717, 1.165) is 29.8 Å². The van der Waals surface area contributed by atoms with Gasteiger partial charge in [0.15, 0.2) is 5.78 Å². The van der Waals surface area contributed by atoms with Gasteiger partial charge in [-0.25, -0.2) is 4.39 Å². The van der Waals surface area contributed by atoms with Crippen molar-refractivity contribution in [3.8, 4) is 5.75 Å². The van der Waals surface area contributed by atoms with Crippen molar-refractivity contribution in [2.75, 3.05) is 0 Å². The minimum atomic E-state index is -0.327. The van der Waals surface area contributed by atoms with Crippen molar-refractivity contribution in [2.24, 2.45) is 0 Å². The summed E-state index contributed by atoms with van der Waals surface area (Å²) in [6.45, 7) is 0.269. The molecule has 0 bridgehead atoms. The summed E-state index contributed by atoms with van der Waals surface area (Å²) in [5.74, 6) is 0.309. The van der Waals surface area contributed by atoms with Crippen LogP contribution in [0.3, 0.4) is 0 Å². The van der Waals surface area contributed by atoms with Gasteiger partial charge < -0.3 is 4.74 Å². The maximum atomic E-state index is 13.0. The summed E-state index contributed by atoms with van der Waals surface area (Å²) in [5.41, 5.74) is 2.33. The summed E-state index contributed by atoms with van der Waals surface area (Å²) in [6, 6.07) is 9.61. The van der Waals surface area contributed by atoms with Crippen LogP contribution in [-0.4, -0.2) is 10.8 Å². The number of ether oxygens (including phenoxy) is 1. The quantitative estimate of drug-likeness (QED) is 0.859. The lowest BCUT2D eigenvalue weighted by Crippen LogP contribution is -2.14. The summed E-state index contributed by atoms with van der Waals surface area (Å²) in [7, 11) is 0. The molecule has 0 N–H and O–H groups in total. The smallest absolute Gasteiger partial charge is 0.164 e. The van der Waals surface area contributed by atoms with Crippen LogP contribution in [0.2, 0.25) is 0 Å². The standard InChI is InChI=1S/C16H14FNO2/c17-11-3-1-4-13(9-11)20-10-12-7-8-14-15(18-12)5-2-6-16(14)19/h1,3-4,7-9H,2,5-6,10H2. The fourth-order valence-electron chi connectivity index (χ4n) is 2.34. The molecule has 20 heavy (non-hydrogen) atoms. The van der Waals surface area contributed by atoms with Crippen LogP contribution >= 0.6 is 0 Å². The molecule has 0 spiro atoms. The van der Waals surface area contributed by atoms with Gasteiger partial charge in [-0.3, -0.25) is 9.78 Å². The van der Waals surface area contributed by atoms with Crippen molar-refractivity contribution in [3.63, 3.8) is 0 Å². The third-order valence-electron chi connectivity index (χ3n) is 3.33. The van der Waals surface area contributed by atoms with E-state index in [1.54, 1.807) is 18.2 Å². The first-order valence-corrected chi connectivity index (χ1v) is 6.63. The molecule has 0 saturated carbocycles. The van der Waals surface area contributed by atoms with Gasteiger partial charge in [-0.05, 0) is 37.1 Å². The Morgan fingerprint density at radius 1 is 1.20 bits per heavy atom. The average Bonchev–Trinajstić information content (AvgIpc) is 2.45. The second kappa shape index (κ2) is 5.41. The normalized spacial score (nSPS) is 13.9. The molecule has 0 saturated heterocycles. The van der Waals surface area contributed by atoms with E-state index in [1.165, 1.54) is 12.1 Å². The molecule has 1 aromatic carbocycles. The highest BCUT2D eigenvalue weighted by atomic mass is 19.1. The van der Waals surface area contributed by atoms with E-state index in [4.69, 9.17) is 4.74 Å². The van der Waals surface area contributed by atoms with Crippen molar-refractivity contribution >= 4 is 5.78 Å². The average molecular weight is 271 g/mol. The molecular weight excluding hydrogens is 257 g/mol. The van der Waals surface area contributed by atoms with Crippen LogP contribution in [0.5, 0.6) is 5.75 Å². The second-order valence-electron chi connectivity index (χ2n) is 4.82. The van der Waals surface area contributed by atoms with E-state index in [1.807, 2.05) is 6.07 Å². The lowest BCUT2D eigenvalue weighted by Gasteiger charge is -2.14. The number of fused-ring (bicyclic) bond motifs is 1. The Bertz CT molecular complexity index is 655. The number of aromatic nitrogens is 1. The molecule has 0 unspecified atom stereocenters. The lowest BCUT2D eigenvalue weighted by molar-refractivity contribution is 0.0971. The maximum absolute atomic E-state index is 13.0. The van der Waals surface area contributed by atoms with E-state index in [9.17, 15) is 9.18 Å². The number of Topliss-reactive ketones (excluding diaryl/α,β-unsaturated/α-hetero) is 1. The molecule has 0 amide bonds. The molecule has 1 aliphatic rings. The number of halogens is 1. The van der Waals surface area contributed by atoms with Crippen LogP contribution in [0.15, 0.2) is 36.4 Å². The molecule has 2 aromatic rings. The second-order valence-corrected chi connectivity index (χ2v) is 4.82. The molecular formula is C16H14FNO2. The Hall–Kier alpha value is -2.23. The predicted molar refractivity (Wildman–Crippen MR) is 72.2 cm³/mol. The lowest BCUT2D eigenvalue weighted by atomic mass is 9.95. The first-order chi connectivity index (χ1) is 9.72. The molecule has 4 heteroatoms. The topological polar surface area (TPSA) is 39.2 Å². The Morgan fingerprint density at radius 3 is 2.95 bits per heavy atom. The number of aryl methyl sites for hydroxylation is 1. The third-order valence-corrected chi connectivity index (χ3v) is 3.33. The number of ketones is 1. The van der Waals surface area contributed by atoms with Gasteiger partial charge in [0.2, 0.25) is 0 Å². The minimum Gasteiger partial charge on any atom is -0.487 e. The molecule has 1 aliphatic carbocycles. The van der Waals surface area contributed by atoms with Gasteiger partial charge in [-0.1, -0.05) is 6.07 Å². The Labute approximate surface area is 116 Å². The number of carbonyl (C=O) groups excluding carboxylic acids is 1. The number of carbonyl (C=O) groups is 1. The van der Waals surface area contributed by atoms with Crippen LogP contribution in [0.1, 0.15) is 34.6 Å². The predicted octanol–water partition coefficient (Wildman–Crippen LogP) is 3.32. The Kier molecular flexibility index (Phi) is 3.46. The minimum absolute atomic E-state index is 0.163. The molecule has 0 aliphatic heterocycles. The monoisotopic (exact) mass is 271 g/mol. The zero-order valence-electron chi connectivity index (χ0n) is 10.9. The summed E-state index contributed by atoms with van der Waals surface area (Å²) in [4.78, 5) is 16.2. The zero-order valence-corrected chi connectivity index (χ0v) is 10.9. The SMILES string of the molecule is O=C1CCCc2nc(COc3cccc(F)c3)ccc21. The fraction of sp³-hybridized carbons (Fsp3) is 0.250. The molecule has 0 fully saturated rings. The van der Waals surface area contributed by atoms with Crippen molar-refractivity contribution < 1.29 is 13.9 Å². The number of benzene rings is 1. The van der Waals surface area contributed by atoms with Gasteiger partial charge in [-0.2, -0.15) is 0 Å². The number of nitrogens with zero attached hydrogens (tertiary/aromatic N) is 1. The van der Waals surface area contributed by atoms with Crippen LogP contribution in [-0.2, 0) is 13.0 Å². The summed E-state index contributed by atoms with van der Waals surface area (Å²) in [5, 5.41) is 0. The van der Waals surface area contributed by atoms with Crippen LogP contribution in [0, 0.1) is 5.82 Å². The highest BCUT2D eigenvalue weighted by molar-refractivity contribution is 5.97. The summed E-state index contributed by atoms with van der Waals surface area (Å²) < 4.78 is 18.5. The molecule has 1 heterocycles. The number of rotatable bonds is 3. The van der Waals surface area contributed by atoms with Crippen molar-refractivity contribution in [1.82, 2.24) is 4.98 Å². The van der Waals surface area contributed by atoms with Gasteiger partial charge in [-0.15, -0.1) is 0 Å². The van der Waals surface area contributed by atoms with Crippen LogP contribution < -0.4 is 4.74 Å². The number of hydrogen-bond donors (Lipinski definition) is 0. The molecule has 3 nitrogen and oxygen atoms in total. The molecule has 102 valence electrons. The van der Waals surface area contributed by atoms with Gasteiger partial charge in [0.25, 0.3) is 0 Å². The molecule has 1 aromatic heterocycles. The number of pyridine rings is 1. The maximum Gasteiger partial charge on any atom is 0.164 e. The van der Waals surface area contributed by atoms with E-state index < -0.39 is 0 Å².